The van der Waals surface area contributed by atoms with Gasteiger partial charge in [-0.05, 0) is 0 Å². The number of hydrogen-bond acceptors (Lipinski definition) is 5. The van der Waals surface area contributed by atoms with Crippen LogP contribution in [0.25, 0.3) is 0 Å². The van der Waals surface area contributed by atoms with Gasteiger partial charge >= 0.3 is 15.2 Å². The first-order valence-electron chi connectivity index (χ1n) is 5.77. The summed E-state index contributed by atoms with van der Waals surface area (Å²) in [6.45, 7) is 3.28. The van der Waals surface area contributed by atoms with Gasteiger partial charge in [-0.15, -0.1) is 0 Å². The lowest BCUT2D eigenvalue weighted by molar-refractivity contribution is 0.0344. The molecule has 1 rings (SSSR count). The van der Waals surface area contributed by atoms with E-state index in [2.05, 4.69) is 0 Å². The summed E-state index contributed by atoms with van der Waals surface area (Å²) in [6, 6.07) is 0. The molecule has 1 aliphatic rings. The van der Waals surface area contributed by atoms with E-state index in [4.69, 9.17) is 24.3 Å². The molecule has 114 valence electrons. The van der Waals surface area contributed by atoms with Crippen molar-refractivity contribution in [1.82, 2.24) is 9.80 Å². The third kappa shape index (κ3) is 8.86. The highest BCUT2D eigenvalue weighted by molar-refractivity contribution is 7.52. The molecule has 0 aromatic heterocycles. The molecule has 0 spiro atoms. The second-order valence-corrected chi connectivity index (χ2v) is 7.69. The lowest BCUT2D eigenvalue weighted by Crippen LogP contribution is -2.41. The summed E-state index contributed by atoms with van der Waals surface area (Å²) in [5, 5.41) is 0. The largest absolute Gasteiger partial charge is 0.379 e. The summed E-state index contributed by atoms with van der Waals surface area (Å²) in [5.74, 6) is 0. The van der Waals surface area contributed by atoms with Crippen LogP contribution in [0.2, 0.25) is 0 Å². The maximum absolute atomic E-state index is 10.9. The van der Waals surface area contributed by atoms with E-state index in [9.17, 15) is 9.13 Å². The first-order chi connectivity index (χ1) is 8.66. The minimum atomic E-state index is -4.34. The van der Waals surface area contributed by atoms with Crippen LogP contribution < -0.4 is 0 Å². The summed E-state index contributed by atoms with van der Waals surface area (Å²) in [4.78, 5) is 38.8. The molecule has 11 heteroatoms. The summed E-state index contributed by atoms with van der Waals surface area (Å²) >= 11 is 0. The van der Waals surface area contributed by atoms with E-state index >= 15 is 0 Å². The zero-order valence-corrected chi connectivity index (χ0v) is 12.2. The lowest BCUT2D eigenvalue weighted by atomic mass is 10.4. The Bertz CT molecular complexity index is 338. The van der Waals surface area contributed by atoms with Gasteiger partial charge < -0.3 is 24.3 Å². The monoisotopic (exact) mass is 318 g/mol. The van der Waals surface area contributed by atoms with Crippen molar-refractivity contribution in [2.45, 2.75) is 0 Å². The van der Waals surface area contributed by atoms with Crippen molar-refractivity contribution in [2.75, 3.05) is 52.0 Å². The van der Waals surface area contributed by atoms with Crippen LogP contribution >= 0.6 is 15.2 Å². The SMILES string of the molecule is O=P(O)(O)CN(CCN1CCOCC1)CP(=O)(O)O. The molecule has 19 heavy (non-hydrogen) atoms. The Morgan fingerprint density at radius 3 is 1.89 bits per heavy atom. The Hall–Kier alpha value is 0.180. The minimum absolute atomic E-state index is 0.191. The molecule has 4 N–H and O–H groups in total. The number of ether oxygens (including phenoxy) is 1. The van der Waals surface area contributed by atoms with Gasteiger partial charge in [-0.2, -0.15) is 0 Å². The first-order valence-corrected chi connectivity index (χ1v) is 9.37. The van der Waals surface area contributed by atoms with Gasteiger partial charge in [0.2, 0.25) is 0 Å². The van der Waals surface area contributed by atoms with Crippen molar-refractivity contribution in [2.24, 2.45) is 0 Å². The summed E-state index contributed by atoms with van der Waals surface area (Å²) in [6.07, 6.45) is -1.30. The van der Waals surface area contributed by atoms with Crippen LogP contribution in [0, 0.1) is 0 Å². The molecule has 0 aromatic carbocycles. The maximum Gasteiger partial charge on any atom is 0.339 e. The van der Waals surface area contributed by atoms with Gasteiger partial charge in [-0.1, -0.05) is 0 Å². The average molecular weight is 318 g/mol. The summed E-state index contributed by atoms with van der Waals surface area (Å²) < 4.78 is 27.1. The van der Waals surface area contributed by atoms with Gasteiger partial charge in [0, 0.05) is 26.2 Å². The number of rotatable bonds is 7. The molecule has 1 fully saturated rings. The smallest absolute Gasteiger partial charge is 0.339 e. The molecule has 9 nitrogen and oxygen atoms in total. The van der Waals surface area contributed by atoms with E-state index in [1.807, 2.05) is 4.90 Å². The Morgan fingerprint density at radius 2 is 1.47 bits per heavy atom. The van der Waals surface area contributed by atoms with Crippen molar-refractivity contribution in [3.8, 4) is 0 Å². The van der Waals surface area contributed by atoms with Gasteiger partial charge in [0.25, 0.3) is 0 Å². The molecule has 0 atom stereocenters. The van der Waals surface area contributed by atoms with Crippen molar-refractivity contribution in [1.29, 1.82) is 0 Å². The molecule has 1 aliphatic heterocycles. The highest BCUT2D eigenvalue weighted by Crippen LogP contribution is 2.40. The molecule has 0 radical (unpaired) electrons. The maximum atomic E-state index is 10.9. The Labute approximate surface area is 111 Å². The van der Waals surface area contributed by atoms with Crippen LogP contribution in [0.4, 0.5) is 0 Å². The van der Waals surface area contributed by atoms with E-state index < -0.39 is 27.8 Å². The molecule has 0 saturated carbocycles. The average Bonchev–Trinajstić information content (AvgIpc) is 2.23. The molecule has 1 heterocycles. The third-order valence-corrected chi connectivity index (χ3v) is 4.14. The number of hydrogen-bond donors (Lipinski definition) is 4. The highest BCUT2D eigenvalue weighted by atomic mass is 31.2. The van der Waals surface area contributed by atoms with E-state index in [0.29, 0.717) is 32.8 Å². The van der Waals surface area contributed by atoms with Crippen LogP contribution in [0.3, 0.4) is 0 Å². The lowest BCUT2D eigenvalue weighted by Gasteiger charge is -2.30. The Morgan fingerprint density at radius 1 is 1.00 bits per heavy atom. The molecule has 0 aliphatic carbocycles. The molecular formula is C8H20N2O7P2. The molecule has 0 unspecified atom stereocenters. The van der Waals surface area contributed by atoms with E-state index in [1.54, 1.807) is 0 Å². The molecule has 1 saturated heterocycles. The highest BCUT2D eigenvalue weighted by Gasteiger charge is 2.26. The fraction of sp³-hybridized carbons (Fsp3) is 1.00. The molecular weight excluding hydrogens is 298 g/mol. The Balaban J connectivity index is 2.48. The zero-order valence-electron chi connectivity index (χ0n) is 10.5. The zero-order chi connectivity index (χ0) is 14.5. The standard InChI is InChI=1S/C8H20N2O7P2/c11-18(12,13)7-10(8-19(14,15)16)2-1-9-3-5-17-6-4-9/h1-8H2,(H2,11,12,13)(H2,14,15,16). The van der Waals surface area contributed by atoms with E-state index in [-0.39, 0.29) is 6.54 Å². The van der Waals surface area contributed by atoms with Gasteiger partial charge in [-0.3, -0.25) is 18.9 Å². The van der Waals surface area contributed by atoms with Crippen LogP contribution in [0.5, 0.6) is 0 Å². The number of morpholine rings is 1. The minimum Gasteiger partial charge on any atom is -0.379 e. The third-order valence-electron chi connectivity index (χ3n) is 2.60. The predicted octanol–water partition coefficient (Wildman–Crippen LogP) is -1.11. The van der Waals surface area contributed by atoms with Gasteiger partial charge in [0.15, 0.2) is 0 Å². The van der Waals surface area contributed by atoms with Crippen LogP contribution in [-0.4, -0.2) is 81.3 Å². The fourth-order valence-electron chi connectivity index (χ4n) is 1.81. The van der Waals surface area contributed by atoms with Crippen LogP contribution in [-0.2, 0) is 13.9 Å². The van der Waals surface area contributed by atoms with E-state index in [0.717, 1.165) is 4.90 Å². The van der Waals surface area contributed by atoms with Gasteiger partial charge in [-0.25, -0.2) is 0 Å². The predicted molar refractivity (Wildman–Crippen MR) is 67.8 cm³/mol. The fourth-order valence-corrected chi connectivity index (χ4v) is 3.50. The first kappa shape index (κ1) is 17.2. The normalized spacial score (nSPS) is 19.0. The van der Waals surface area contributed by atoms with E-state index in [1.165, 1.54) is 0 Å². The van der Waals surface area contributed by atoms with Crippen molar-refractivity contribution < 1.29 is 33.4 Å². The molecule has 0 amide bonds. The van der Waals surface area contributed by atoms with Crippen molar-refractivity contribution >= 4 is 15.2 Å². The summed E-state index contributed by atoms with van der Waals surface area (Å²) in [7, 11) is -8.68. The number of nitrogens with zero attached hydrogens (tertiary/aromatic N) is 2. The molecule has 0 bridgehead atoms. The second-order valence-electron chi connectivity index (χ2n) is 4.46. The van der Waals surface area contributed by atoms with Crippen molar-refractivity contribution in [3.63, 3.8) is 0 Å². The van der Waals surface area contributed by atoms with Gasteiger partial charge in [0.05, 0.1) is 13.2 Å². The summed E-state index contributed by atoms with van der Waals surface area (Å²) in [5.41, 5.74) is 0. The quantitative estimate of drug-likeness (QED) is 0.432. The second kappa shape index (κ2) is 7.26. The van der Waals surface area contributed by atoms with Gasteiger partial charge in [0.1, 0.15) is 12.6 Å². The van der Waals surface area contributed by atoms with Crippen LogP contribution in [0.15, 0.2) is 0 Å². The van der Waals surface area contributed by atoms with Crippen molar-refractivity contribution in [3.05, 3.63) is 0 Å². The topological polar surface area (TPSA) is 131 Å². The Kier molecular flexibility index (Phi) is 6.59. The van der Waals surface area contributed by atoms with Crippen LogP contribution in [0.1, 0.15) is 0 Å². The molecule has 0 aromatic rings.